The van der Waals surface area contributed by atoms with E-state index in [1.54, 1.807) is 0 Å². The highest BCUT2D eigenvalue weighted by molar-refractivity contribution is 5.31. The third-order valence-electron chi connectivity index (χ3n) is 4.37. The van der Waals surface area contributed by atoms with Crippen LogP contribution in [0.3, 0.4) is 0 Å². The van der Waals surface area contributed by atoms with Gasteiger partial charge < -0.3 is 4.74 Å². The van der Waals surface area contributed by atoms with Crippen LogP contribution in [0.25, 0.3) is 0 Å². The molecule has 0 saturated heterocycles. The molecule has 0 spiro atoms. The van der Waals surface area contributed by atoms with E-state index in [4.69, 9.17) is 4.74 Å². The normalized spacial score (nSPS) is 12.4. The fraction of sp³-hybridized carbons (Fsp3) is 0.727. The highest BCUT2D eigenvalue weighted by Crippen LogP contribution is 2.36. The SMILES string of the molecule is CCCCCCCCOc1ccc(C(C)(C)CC(C)(C)C)cc1. The van der Waals surface area contributed by atoms with Gasteiger partial charge in [0.05, 0.1) is 6.61 Å². The van der Waals surface area contributed by atoms with E-state index in [1.165, 1.54) is 50.5 Å². The van der Waals surface area contributed by atoms with E-state index < -0.39 is 0 Å². The highest BCUT2D eigenvalue weighted by atomic mass is 16.5. The minimum absolute atomic E-state index is 0.204. The predicted molar refractivity (Wildman–Crippen MR) is 102 cm³/mol. The molecule has 0 heterocycles. The fourth-order valence-corrected chi connectivity index (χ4v) is 3.50. The van der Waals surface area contributed by atoms with E-state index in [2.05, 4.69) is 65.8 Å². The molecule has 0 fully saturated rings. The van der Waals surface area contributed by atoms with Gasteiger partial charge >= 0.3 is 0 Å². The van der Waals surface area contributed by atoms with Gasteiger partial charge in [0.15, 0.2) is 0 Å². The van der Waals surface area contributed by atoms with E-state index in [-0.39, 0.29) is 5.41 Å². The zero-order valence-electron chi connectivity index (χ0n) is 16.4. The molecular formula is C22H38O. The Morgan fingerprint density at radius 3 is 1.91 bits per heavy atom. The molecule has 0 aliphatic heterocycles. The largest absolute Gasteiger partial charge is 0.494 e. The minimum Gasteiger partial charge on any atom is -0.494 e. The van der Waals surface area contributed by atoms with Gasteiger partial charge in [-0.1, -0.05) is 85.8 Å². The van der Waals surface area contributed by atoms with Crippen molar-refractivity contribution >= 4 is 0 Å². The molecule has 1 nitrogen and oxygen atoms in total. The summed E-state index contributed by atoms with van der Waals surface area (Å²) < 4.78 is 5.88. The second kappa shape index (κ2) is 9.35. The number of ether oxygens (including phenoxy) is 1. The summed E-state index contributed by atoms with van der Waals surface area (Å²) in [4.78, 5) is 0. The van der Waals surface area contributed by atoms with Crippen LogP contribution >= 0.6 is 0 Å². The second-order valence-electron chi connectivity index (χ2n) is 8.76. The first-order chi connectivity index (χ1) is 10.7. The van der Waals surface area contributed by atoms with Crippen LogP contribution < -0.4 is 4.74 Å². The molecule has 0 aliphatic rings. The van der Waals surface area contributed by atoms with Crippen molar-refractivity contribution in [3.05, 3.63) is 29.8 Å². The summed E-state index contributed by atoms with van der Waals surface area (Å²) in [7, 11) is 0. The number of hydrogen-bond donors (Lipinski definition) is 0. The lowest BCUT2D eigenvalue weighted by atomic mass is 9.72. The zero-order valence-corrected chi connectivity index (χ0v) is 16.4. The van der Waals surface area contributed by atoms with Crippen molar-refractivity contribution in [3.8, 4) is 5.75 Å². The Morgan fingerprint density at radius 2 is 1.35 bits per heavy atom. The Hall–Kier alpha value is -0.980. The van der Waals surface area contributed by atoms with Crippen LogP contribution in [-0.4, -0.2) is 6.61 Å². The van der Waals surface area contributed by atoms with Crippen LogP contribution in [0.15, 0.2) is 24.3 Å². The molecule has 0 N–H and O–H groups in total. The topological polar surface area (TPSA) is 9.23 Å². The van der Waals surface area contributed by atoms with Crippen molar-refractivity contribution in [2.75, 3.05) is 6.61 Å². The smallest absolute Gasteiger partial charge is 0.119 e. The van der Waals surface area contributed by atoms with Gasteiger partial charge in [0, 0.05) is 0 Å². The molecule has 0 aliphatic carbocycles. The first-order valence-corrected chi connectivity index (χ1v) is 9.48. The Labute approximate surface area is 144 Å². The summed E-state index contributed by atoms with van der Waals surface area (Å²) in [6.07, 6.45) is 9.03. The summed E-state index contributed by atoms with van der Waals surface area (Å²) in [5.41, 5.74) is 1.95. The lowest BCUT2D eigenvalue weighted by Crippen LogP contribution is -2.24. The quantitative estimate of drug-likeness (QED) is 0.416. The van der Waals surface area contributed by atoms with E-state index in [9.17, 15) is 0 Å². The number of hydrogen-bond acceptors (Lipinski definition) is 1. The van der Waals surface area contributed by atoms with Crippen LogP contribution in [0.1, 0.15) is 92.1 Å². The van der Waals surface area contributed by atoms with Crippen molar-refractivity contribution in [3.63, 3.8) is 0 Å². The maximum Gasteiger partial charge on any atom is 0.119 e. The number of rotatable bonds is 10. The van der Waals surface area contributed by atoms with E-state index >= 15 is 0 Å². The zero-order chi connectivity index (χ0) is 17.3. The number of benzene rings is 1. The van der Waals surface area contributed by atoms with E-state index in [0.717, 1.165) is 12.4 Å². The molecule has 0 atom stereocenters. The molecule has 0 radical (unpaired) electrons. The van der Waals surface area contributed by atoms with E-state index in [1.807, 2.05) is 0 Å². The van der Waals surface area contributed by atoms with Crippen molar-refractivity contribution in [2.24, 2.45) is 5.41 Å². The molecule has 1 rings (SSSR count). The van der Waals surface area contributed by atoms with Crippen molar-refractivity contribution in [2.45, 2.75) is 91.9 Å². The van der Waals surface area contributed by atoms with Crippen LogP contribution in [0.2, 0.25) is 0 Å². The van der Waals surface area contributed by atoms with Crippen molar-refractivity contribution in [1.82, 2.24) is 0 Å². The van der Waals surface area contributed by atoms with Crippen molar-refractivity contribution < 1.29 is 4.74 Å². The lowest BCUT2D eigenvalue weighted by Gasteiger charge is -2.33. The van der Waals surface area contributed by atoms with Gasteiger partial charge in [-0.2, -0.15) is 0 Å². The summed E-state index contributed by atoms with van der Waals surface area (Å²) >= 11 is 0. The van der Waals surface area contributed by atoms with Gasteiger partial charge in [-0.3, -0.25) is 0 Å². The third kappa shape index (κ3) is 8.44. The van der Waals surface area contributed by atoms with Gasteiger partial charge in [0.25, 0.3) is 0 Å². The summed E-state index contributed by atoms with van der Waals surface area (Å²) in [6.45, 7) is 14.7. The minimum atomic E-state index is 0.204. The lowest BCUT2D eigenvalue weighted by molar-refractivity contribution is 0.283. The van der Waals surface area contributed by atoms with Gasteiger partial charge in [-0.05, 0) is 41.4 Å². The first kappa shape index (κ1) is 20.1. The highest BCUT2D eigenvalue weighted by Gasteiger charge is 2.27. The summed E-state index contributed by atoms with van der Waals surface area (Å²) in [6, 6.07) is 8.75. The van der Waals surface area contributed by atoms with Crippen LogP contribution in [-0.2, 0) is 5.41 Å². The first-order valence-electron chi connectivity index (χ1n) is 9.48. The van der Waals surface area contributed by atoms with Gasteiger partial charge in [-0.15, -0.1) is 0 Å². The molecule has 0 saturated carbocycles. The summed E-state index contributed by atoms with van der Waals surface area (Å²) in [5, 5.41) is 0. The molecule has 0 unspecified atom stereocenters. The molecular weight excluding hydrogens is 280 g/mol. The van der Waals surface area contributed by atoms with E-state index in [0.29, 0.717) is 5.41 Å². The Balaban J connectivity index is 2.38. The van der Waals surface area contributed by atoms with Gasteiger partial charge in [0.1, 0.15) is 5.75 Å². The van der Waals surface area contributed by atoms with Crippen LogP contribution in [0, 0.1) is 5.41 Å². The maximum absolute atomic E-state index is 5.88. The Bertz CT molecular complexity index is 422. The third-order valence-corrected chi connectivity index (χ3v) is 4.37. The molecule has 1 aromatic rings. The molecule has 23 heavy (non-hydrogen) atoms. The molecule has 0 bridgehead atoms. The van der Waals surface area contributed by atoms with Crippen molar-refractivity contribution in [1.29, 1.82) is 0 Å². The molecule has 1 heteroatoms. The van der Waals surface area contributed by atoms with Crippen LogP contribution in [0.4, 0.5) is 0 Å². The molecule has 1 aromatic carbocycles. The average Bonchev–Trinajstić information content (AvgIpc) is 2.44. The molecule has 0 amide bonds. The monoisotopic (exact) mass is 318 g/mol. The summed E-state index contributed by atoms with van der Waals surface area (Å²) in [5.74, 6) is 1.01. The van der Waals surface area contributed by atoms with Gasteiger partial charge in [-0.25, -0.2) is 0 Å². The maximum atomic E-state index is 5.88. The van der Waals surface area contributed by atoms with Crippen LogP contribution in [0.5, 0.6) is 5.75 Å². The Kier molecular flexibility index (Phi) is 8.16. The standard InChI is InChI=1S/C22H38O/c1-7-8-9-10-11-12-17-23-20-15-13-19(14-16-20)22(5,6)18-21(2,3)4/h13-16H,7-12,17-18H2,1-6H3. The fourth-order valence-electron chi connectivity index (χ4n) is 3.50. The second-order valence-corrected chi connectivity index (χ2v) is 8.76. The predicted octanol–water partition coefficient (Wildman–Crippen LogP) is 7.14. The Morgan fingerprint density at radius 1 is 0.783 bits per heavy atom. The molecule has 0 aromatic heterocycles. The van der Waals surface area contributed by atoms with Gasteiger partial charge in [0.2, 0.25) is 0 Å². The average molecular weight is 319 g/mol. The molecule has 132 valence electrons. The number of unbranched alkanes of at least 4 members (excludes halogenated alkanes) is 5.